The molecule has 0 saturated carbocycles. The first-order valence-corrected chi connectivity index (χ1v) is 4.12. The van der Waals surface area contributed by atoms with Gasteiger partial charge in [-0.3, -0.25) is 0 Å². The molecule has 0 aliphatic carbocycles. The first kappa shape index (κ1) is 7.61. The Hall–Kier alpha value is -1.03. The molecule has 0 atom stereocenters. The third kappa shape index (κ3) is 1.08. The Morgan fingerprint density at radius 1 is 1.33 bits per heavy atom. The Balaban J connectivity index is 2.91. The number of nitrogens with zero attached hydrogens (tertiary/aromatic N) is 2. The van der Waals surface area contributed by atoms with Gasteiger partial charge in [0.25, 0.3) is 0 Å². The van der Waals surface area contributed by atoms with Crippen LogP contribution in [-0.4, -0.2) is 9.97 Å². The highest BCUT2D eigenvalue weighted by atomic mass is 79.9. The lowest BCUT2D eigenvalue weighted by Gasteiger charge is -1.98. The van der Waals surface area contributed by atoms with Crippen molar-refractivity contribution in [1.29, 1.82) is 0 Å². The van der Waals surface area contributed by atoms with E-state index in [9.17, 15) is 4.39 Å². The Labute approximate surface area is 76.6 Å². The van der Waals surface area contributed by atoms with Gasteiger partial charge in [0.15, 0.2) is 0 Å². The van der Waals surface area contributed by atoms with Crippen molar-refractivity contribution < 1.29 is 4.39 Å². The summed E-state index contributed by atoms with van der Waals surface area (Å²) in [7, 11) is 0. The molecule has 2 nitrogen and oxygen atoms in total. The molecule has 0 amide bonds. The van der Waals surface area contributed by atoms with Gasteiger partial charge in [0.1, 0.15) is 12.1 Å². The Morgan fingerprint density at radius 2 is 2.17 bits per heavy atom. The van der Waals surface area contributed by atoms with Crippen LogP contribution in [-0.2, 0) is 0 Å². The van der Waals surface area contributed by atoms with Gasteiger partial charge in [-0.2, -0.15) is 0 Å². The van der Waals surface area contributed by atoms with Gasteiger partial charge in [-0.05, 0) is 28.1 Å². The number of halogens is 2. The number of rotatable bonds is 0. The number of hydrogen-bond donors (Lipinski definition) is 0. The van der Waals surface area contributed by atoms with Crippen LogP contribution in [0, 0.1) is 5.82 Å². The van der Waals surface area contributed by atoms with Crippen LogP contribution in [0.3, 0.4) is 0 Å². The molecule has 0 aliphatic heterocycles. The van der Waals surface area contributed by atoms with Gasteiger partial charge in [0, 0.05) is 6.20 Å². The van der Waals surface area contributed by atoms with Crippen molar-refractivity contribution in [2.75, 3.05) is 0 Å². The first-order chi connectivity index (χ1) is 5.79. The summed E-state index contributed by atoms with van der Waals surface area (Å²) in [5.74, 6) is -0.312. The summed E-state index contributed by atoms with van der Waals surface area (Å²) in [5.41, 5.74) is 0.616. The minimum absolute atomic E-state index is 0.312. The predicted molar refractivity (Wildman–Crippen MR) is 47.2 cm³/mol. The van der Waals surface area contributed by atoms with Gasteiger partial charge >= 0.3 is 0 Å². The van der Waals surface area contributed by atoms with Crippen molar-refractivity contribution in [2.45, 2.75) is 0 Å². The quantitative estimate of drug-likeness (QED) is 0.691. The summed E-state index contributed by atoms with van der Waals surface area (Å²) < 4.78 is 13.7. The van der Waals surface area contributed by atoms with Crippen LogP contribution >= 0.6 is 15.9 Å². The molecule has 0 spiro atoms. The second kappa shape index (κ2) is 2.79. The predicted octanol–water partition coefficient (Wildman–Crippen LogP) is 2.53. The monoisotopic (exact) mass is 226 g/mol. The van der Waals surface area contributed by atoms with Gasteiger partial charge in [0.05, 0.1) is 15.4 Å². The van der Waals surface area contributed by atoms with Crippen molar-refractivity contribution in [3.05, 3.63) is 34.9 Å². The lowest BCUT2D eigenvalue weighted by atomic mass is 10.2. The molecule has 1 heterocycles. The van der Waals surface area contributed by atoms with Gasteiger partial charge in [-0.15, -0.1) is 0 Å². The maximum absolute atomic E-state index is 13.3. The zero-order valence-corrected chi connectivity index (χ0v) is 7.55. The zero-order chi connectivity index (χ0) is 8.55. The van der Waals surface area contributed by atoms with Gasteiger partial charge in [-0.1, -0.05) is 0 Å². The molecule has 1 aromatic carbocycles. The van der Waals surface area contributed by atoms with E-state index in [-0.39, 0.29) is 5.82 Å². The maximum atomic E-state index is 13.3. The average molecular weight is 227 g/mol. The maximum Gasteiger partial charge on any atom is 0.148 e. The number of fused-ring (bicyclic) bond motifs is 1. The summed E-state index contributed by atoms with van der Waals surface area (Å²) in [6, 6.07) is 3.37. The molecule has 0 N–H and O–H groups in total. The highest BCUT2D eigenvalue weighted by molar-refractivity contribution is 9.10. The van der Waals surface area contributed by atoms with E-state index in [1.54, 1.807) is 12.1 Å². The second-order valence-corrected chi connectivity index (χ2v) is 3.17. The van der Waals surface area contributed by atoms with E-state index < -0.39 is 0 Å². The highest BCUT2D eigenvalue weighted by Crippen LogP contribution is 2.22. The largest absolute Gasteiger partial charge is 0.244 e. The van der Waals surface area contributed by atoms with Crippen molar-refractivity contribution >= 4 is 26.8 Å². The number of hydrogen-bond acceptors (Lipinski definition) is 2. The summed E-state index contributed by atoms with van der Waals surface area (Å²) in [6.45, 7) is 0. The van der Waals surface area contributed by atoms with E-state index in [1.165, 1.54) is 12.5 Å². The fourth-order valence-electron chi connectivity index (χ4n) is 0.995. The van der Waals surface area contributed by atoms with E-state index >= 15 is 0 Å². The smallest absolute Gasteiger partial charge is 0.148 e. The highest BCUT2D eigenvalue weighted by Gasteiger charge is 2.04. The van der Waals surface area contributed by atoms with Crippen molar-refractivity contribution in [3.8, 4) is 0 Å². The normalized spacial score (nSPS) is 10.5. The average Bonchev–Trinajstić information content (AvgIpc) is 2.12. The molecule has 0 saturated heterocycles. The molecule has 0 aliphatic rings. The van der Waals surface area contributed by atoms with Crippen LogP contribution < -0.4 is 0 Å². The van der Waals surface area contributed by atoms with E-state index in [0.717, 1.165) is 0 Å². The summed E-state index contributed by atoms with van der Waals surface area (Å²) in [4.78, 5) is 7.65. The molecule has 4 heteroatoms. The number of benzene rings is 1. The fraction of sp³-hybridized carbons (Fsp3) is 0. The second-order valence-electron chi connectivity index (χ2n) is 2.32. The van der Waals surface area contributed by atoms with Crippen molar-refractivity contribution in [3.63, 3.8) is 0 Å². The Kier molecular flexibility index (Phi) is 1.77. The van der Waals surface area contributed by atoms with Crippen LogP contribution in [0.1, 0.15) is 0 Å². The van der Waals surface area contributed by atoms with Crippen LogP contribution in [0.2, 0.25) is 0 Å². The standard InChI is InChI=1S/C8H4BrFN2/c9-6-1-2-7-5(8(6)10)3-11-4-12-7/h1-4H. The summed E-state index contributed by atoms with van der Waals surface area (Å²) in [5, 5.41) is 0.437. The van der Waals surface area contributed by atoms with E-state index in [2.05, 4.69) is 25.9 Å². The molecular formula is C8H4BrFN2. The number of aromatic nitrogens is 2. The van der Waals surface area contributed by atoms with Crippen molar-refractivity contribution in [1.82, 2.24) is 9.97 Å². The molecule has 0 radical (unpaired) electrons. The van der Waals surface area contributed by atoms with E-state index in [4.69, 9.17) is 0 Å². The van der Waals surface area contributed by atoms with E-state index in [1.807, 2.05) is 0 Å². The third-order valence-corrected chi connectivity index (χ3v) is 2.19. The lowest BCUT2D eigenvalue weighted by molar-refractivity contribution is 0.632. The first-order valence-electron chi connectivity index (χ1n) is 3.33. The van der Waals surface area contributed by atoms with Crippen LogP contribution in [0.5, 0.6) is 0 Å². The van der Waals surface area contributed by atoms with Gasteiger partial charge in [-0.25, -0.2) is 14.4 Å². The summed E-state index contributed by atoms with van der Waals surface area (Å²) >= 11 is 3.09. The summed E-state index contributed by atoms with van der Waals surface area (Å²) in [6.07, 6.45) is 2.86. The minimum atomic E-state index is -0.312. The van der Waals surface area contributed by atoms with Crippen LogP contribution in [0.25, 0.3) is 10.9 Å². The topological polar surface area (TPSA) is 25.8 Å². The molecule has 0 bridgehead atoms. The molecule has 0 fully saturated rings. The lowest BCUT2D eigenvalue weighted by Crippen LogP contribution is -1.85. The molecule has 2 rings (SSSR count). The molecular weight excluding hydrogens is 223 g/mol. The van der Waals surface area contributed by atoms with Gasteiger partial charge < -0.3 is 0 Å². The molecule has 0 unspecified atom stereocenters. The fourth-order valence-corrected chi connectivity index (χ4v) is 1.34. The molecule has 1 aromatic heterocycles. The molecule has 2 aromatic rings. The Morgan fingerprint density at radius 3 is 3.00 bits per heavy atom. The Bertz CT molecular complexity index is 430. The third-order valence-electron chi connectivity index (χ3n) is 1.58. The zero-order valence-electron chi connectivity index (χ0n) is 5.96. The molecule has 12 heavy (non-hydrogen) atoms. The SMILES string of the molecule is Fc1c(Br)ccc2ncncc12. The van der Waals surface area contributed by atoms with E-state index in [0.29, 0.717) is 15.4 Å². The van der Waals surface area contributed by atoms with Gasteiger partial charge in [0.2, 0.25) is 0 Å². The van der Waals surface area contributed by atoms with Crippen molar-refractivity contribution in [2.24, 2.45) is 0 Å². The molecule has 60 valence electrons. The van der Waals surface area contributed by atoms with Crippen LogP contribution in [0.15, 0.2) is 29.1 Å². The van der Waals surface area contributed by atoms with Crippen LogP contribution in [0.4, 0.5) is 4.39 Å². The minimum Gasteiger partial charge on any atom is -0.244 e.